The summed E-state index contributed by atoms with van der Waals surface area (Å²) in [4.78, 5) is 28.5. The van der Waals surface area contributed by atoms with E-state index >= 15 is 0 Å². The maximum atomic E-state index is 13.0. The van der Waals surface area contributed by atoms with Crippen molar-refractivity contribution in [3.05, 3.63) is 16.1 Å². The van der Waals surface area contributed by atoms with E-state index in [4.69, 9.17) is 4.74 Å². The lowest BCUT2D eigenvalue weighted by molar-refractivity contribution is -0.120. The van der Waals surface area contributed by atoms with Gasteiger partial charge in [0.2, 0.25) is 11.9 Å². The number of nitrogens with zero attached hydrogens (tertiary/aromatic N) is 4. The lowest BCUT2D eigenvalue weighted by atomic mass is 10.1. The van der Waals surface area contributed by atoms with Gasteiger partial charge < -0.3 is 25.0 Å². The molecule has 0 aromatic carbocycles. The molecule has 0 bridgehead atoms. The Morgan fingerprint density at radius 1 is 1.34 bits per heavy atom. The van der Waals surface area contributed by atoms with Gasteiger partial charge in [0.25, 0.3) is 0 Å². The van der Waals surface area contributed by atoms with Crippen molar-refractivity contribution in [2.24, 2.45) is 15.9 Å². The number of hydrogen-bond donors (Lipinski definition) is 4. The molecule has 0 spiro atoms. The number of aryl methyl sites for hydroxylation is 1. The average molecular weight is 423 g/mol. The molecule has 10 nitrogen and oxygen atoms in total. The van der Waals surface area contributed by atoms with Crippen molar-refractivity contribution in [3.8, 4) is 0 Å². The van der Waals surface area contributed by atoms with Gasteiger partial charge in [-0.3, -0.25) is 15.1 Å². The van der Waals surface area contributed by atoms with Crippen molar-refractivity contribution in [3.63, 3.8) is 0 Å². The Morgan fingerprint density at radius 3 is 2.72 bits per heavy atom. The van der Waals surface area contributed by atoms with Crippen LogP contribution in [0.25, 0.3) is 0 Å². The lowest BCUT2D eigenvalue weighted by Gasteiger charge is -2.33. The molecule has 1 aliphatic carbocycles. The molecule has 2 aliphatic heterocycles. The smallest absolute Gasteiger partial charge is 0.244 e. The number of carbonyl (C=O) groups is 1. The Balaban J connectivity index is 1.70. The molecule has 4 rings (SSSR count). The van der Waals surface area contributed by atoms with Gasteiger partial charge in [0.05, 0.1) is 25.4 Å². The van der Waals surface area contributed by atoms with Crippen molar-refractivity contribution in [1.82, 2.24) is 15.2 Å². The van der Waals surface area contributed by atoms with E-state index in [0.717, 1.165) is 5.69 Å². The van der Waals surface area contributed by atoms with Crippen molar-refractivity contribution < 1.29 is 24.9 Å². The first-order valence-corrected chi connectivity index (χ1v) is 10.5. The number of guanidine groups is 1. The summed E-state index contributed by atoms with van der Waals surface area (Å²) in [7, 11) is 0. The number of aliphatic hydroxyl groups is 3. The van der Waals surface area contributed by atoms with Gasteiger partial charge in [0, 0.05) is 36.7 Å². The van der Waals surface area contributed by atoms with E-state index in [1.807, 2.05) is 17.2 Å². The van der Waals surface area contributed by atoms with E-state index in [-0.39, 0.29) is 18.3 Å². The number of amidine groups is 1. The molecule has 3 aliphatic rings. The van der Waals surface area contributed by atoms with Crippen molar-refractivity contribution in [1.29, 1.82) is 0 Å². The zero-order valence-corrected chi connectivity index (χ0v) is 16.9. The van der Waals surface area contributed by atoms with Gasteiger partial charge in [-0.2, -0.15) is 4.99 Å². The van der Waals surface area contributed by atoms with Crippen molar-refractivity contribution in [2.45, 2.75) is 37.5 Å². The highest BCUT2D eigenvalue weighted by molar-refractivity contribution is 7.10. The number of aliphatic imine (C=N–C) groups is 2. The monoisotopic (exact) mass is 423 g/mol. The van der Waals surface area contributed by atoms with Crippen LogP contribution < -0.4 is 5.32 Å². The third-order valence-electron chi connectivity index (χ3n) is 5.47. The van der Waals surface area contributed by atoms with E-state index in [9.17, 15) is 20.1 Å². The Morgan fingerprint density at radius 2 is 2.10 bits per heavy atom. The molecule has 11 heteroatoms. The van der Waals surface area contributed by atoms with Crippen molar-refractivity contribution in [2.75, 3.05) is 32.9 Å². The highest BCUT2D eigenvalue weighted by Crippen LogP contribution is 2.31. The van der Waals surface area contributed by atoms with E-state index in [1.165, 1.54) is 11.3 Å². The molecule has 4 N–H and O–H groups in total. The van der Waals surface area contributed by atoms with Gasteiger partial charge in [-0.05, 0) is 13.3 Å². The zero-order chi connectivity index (χ0) is 20.5. The number of morpholine rings is 1. The molecule has 1 saturated heterocycles. The zero-order valence-electron chi connectivity index (χ0n) is 16.1. The minimum absolute atomic E-state index is 0.239. The molecule has 29 heavy (non-hydrogen) atoms. The number of nitrogens with one attached hydrogen (secondary N) is 1. The van der Waals surface area contributed by atoms with Gasteiger partial charge in [-0.25, -0.2) is 4.98 Å². The van der Waals surface area contributed by atoms with Crippen LogP contribution in [0.2, 0.25) is 0 Å². The standard InChI is InChI=1S/C18H25N5O5S/c1-9-8-29-17(19-9)12-15(20-11-6-10(7-24)13(25)14(11)26)21-18(22-16(12)27)23-2-4-28-5-3-23/h8,10-14,24-26H,2-7H2,1H3,(H,20,21,22,27)/t10-,11-,12?,13-,14+/m1/s1. The van der Waals surface area contributed by atoms with Crippen LogP contribution in [0.15, 0.2) is 15.4 Å². The maximum Gasteiger partial charge on any atom is 0.244 e. The Hall–Kier alpha value is -1.92. The topological polar surface area (TPSA) is 140 Å². The summed E-state index contributed by atoms with van der Waals surface area (Å²) in [6.07, 6.45) is -1.86. The molecule has 0 radical (unpaired) electrons. The minimum atomic E-state index is -1.12. The number of ether oxygens (including phenoxy) is 1. The van der Waals surface area contributed by atoms with Crippen LogP contribution in [0.3, 0.4) is 0 Å². The van der Waals surface area contributed by atoms with Crippen LogP contribution in [0, 0.1) is 12.8 Å². The van der Waals surface area contributed by atoms with Crippen LogP contribution >= 0.6 is 11.3 Å². The number of aliphatic hydroxyl groups excluding tert-OH is 3. The molecular weight excluding hydrogens is 398 g/mol. The van der Waals surface area contributed by atoms with Crippen LogP contribution in [-0.4, -0.2) is 94.1 Å². The molecule has 1 amide bonds. The highest BCUT2D eigenvalue weighted by Gasteiger charge is 2.43. The van der Waals surface area contributed by atoms with Crippen LogP contribution in [0.4, 0.5) is 0 Å². The van der Waals surface area contributed by atoms with E-state index < -0.39 is 30.1 Å². The quantitative estimate of drug-likeness (QED) is 0.481. The van der Waals surface area contributed by atoms with E-state index in [1.54, 1.807) is 0 Å². The summed E-state index contributed by atoms with van der Waals surface area (Å²) < 4.78 is 5.36. The Kier molecular flexibility index (Phi) is 5.93. The molecular formula is C18H25N5O5S. The van der Waals surface area contributed by atoms with Crippen molar-refractivity contribution >= 4 is 29.0 Å². The number of thiazole rings is 1. The predicted octanol–water partition coefficient (Wildman–Crippen LogP) is -1.15. The molecule has 158 valence electrons. The second-order valence-electron chi connectivity index (χ2n) is 7.50. The fourth-order valence-electron chi connectivity index (χ4n) is 3.83. The largest absolute Gasteiger partial charge is 0.396 e. The number of aromatic nitrogens is 1. The number of hydrogen-bond acceptors (Lipinski definition) is 9. The van der Waals surface area contributed by atoms with Crippen LogP contribution in [0.1, 0.15) is 23.0 Å². The van der Waals surface area contributed by atoms with Gasteiger partial charge in [-0.1, -0.05) is 0 Å². The van der Waals surface area contributed by atoms with Gasteiger partial charge in [-0.15, -0.1) is 11.3 Å². The van der Waals surface area contributed by atoms with Crippen LogP contribution in [0.5, 0.6) is 0 Å². The molecule has 3 heterocycles. The predicted molar refractivity (Wildman–Crippen MR) is 106 cm³/mol. The number of amides is 1. The van der Waals surface area contributed by atoms with Gasteiger partial charge in [0.15, 0.2) is 0 Å². The molecule has 5 atom stereocenters. The second kappa shape index (κ2) is 8.44. The molecule has 1 saturated carbocycles. The Labute approximate surface area is 172 Å². The second-order valence-corrected chi connectivity index (χ2v) is 8.39. The summed E-state index contributed by atoms with van der Waals surface area (Å²) in [5.74, 6) is -0.842. The van der Waals surface area contributed by atoms with E-state index in [2.05, 4.69) is 20.3 Å². The van der Waals surface area contributed by atoms with Gasteiger partial charge >= 0.3 is 0 Å². The van der Waals surface area contributed by atoms with Gasteiger partial charge in [0.1, 0.15) is 22.9 Å². The SMILES string of the molecule is Cc1csc(C2C(=O)NC(N3CCOCC3)=NC2=N[C@@H]2C[C@H](CO)[C@@H](O)[C@H]2O)n1. The maximum absolute atomic E-state index is 13.0. The molecule has 1 aromatic rings. The summed E-state index contributed by atoms with van der Waals surface area (Å²) in [6, 6.07) is -0.652. The normalized spacial score (nSPS) is 34.4. The number of carbonyl (C=O) groups excluding carboxylic acids is 1. The molecule has 1 unspecified atom stereocenters. The highest BCUT2D eigenvalue weighted by atomic mass is 32.1. The summed E-state index contributed by atoms with van der Waals surface area (Å²) in [5, 5.41) is 35.2. The first-order chi connectivity index (χ1) is 14.0. The van der Waals surface area contributed by atoms with E-state index in [0.29, 0.717) is 43.7 Å². The third-order valence-corrected chi connectivity index (χ3v) is 6.50. The molecule has 1 aromatic heterocycles. The first-order valence-electron chi connectivity index (χ1n) is 9.67. The first kappa shape index (κ1) is 20.4. The Bertz CT molecular complexity index is 821. The fourth-order valence-corrected chi connectivity index (χ4v) is 4.72. The third kappa shape index (κ3) is 4.05. The summed E-state index contributed by atoms with van der Waals surface area (Å²) >= 11 is 1.36. The lowest BCUT2D eigenvalue weighted by Crippen LogP contribution is -2.53. The fraction of sp³-hybridized carbons (Fsp3) is 0.667. The average Bonchev–Trinajstić information content (AvgIpc) is 3.26. The summed E-state index contributed by atoms with van der Waals surface area (Å²) in [5.41, 5.74) is 0.803. The minimum Gasteiger partial charge on any atom is -0.396 e. The molecule has 2 fully saturated rings. The summed E-state index contributed by atoms with van der Waals surface area (Å²) in [6.45, 7) is 3.90. The number of rotatable bonds is 3. The van der Waals surface area contributed by atoms with Crippen LogP contribution in [-0.2, 0) is 9.53 Å².